The van der Waals surface area contributed by atoms with Crippen molar-refractivity contribution in [2.75, 3.05) is 19.0 Å². The van der Waals surface area contributed by atoms with Gasteiger partial charge in [0.2, 0.25) is 0 Å². The minimum absolute atomic E-state index is 0.169. The molecule has 0 aliphatic heterocycles. The fourth-order valence-electron chi connectivity index (χ4n) is 2.16. The van der Waals surface area contributed by atoms with Crippen LogP contribution in [0.4, 0.5) is 5.69 Å². The number of benzene rings is 1. The van der Waals surface area contributed by atoms with E-state index in [4.69, 9.17) is 5.73 Å². The quantitative estimate of drug-likeness (QED) is 0.896. The highest BCUT2D eigenvalue weighted by Gasteiger charge is 2.14. The molecule has 0 fully saturated rings. The molecule has 1 atom stereocenters. The lowest BCUT2D eigenvalue weighted by atomic mass is 10.1. The van der Waals surface area contributed by atoms with Crippen molar-refractivity contribution in [3.05, 3.63) is 48.0 Å². The van der Waals surface area contributed by atoms with E-state index in [0.29, 0.717) is 0 Å². The van der Waals surface area contributed by atoms with Crippen LogP contribution in [-0.2, 0) is 6.54 Å². The maximum atomic E-state index is 6.32. The number of hydrogen-bond acceptors (Lipinski definition) is 3. The zero-order valence-corrected chi connectivity index (χ0v) is 11.9. The molecule has 102 valence electrons. The first kappa shape index (κ1) is 13.6. The number of hydrogen-bond donors (Lipinski definition) is 1. The van der Waals surface area contributed by atoms with Crippen LogP contribution < -0.4 is 10.6 Å². The Morgan fingerprint density at radius 2 is 1.95 bits per heavy atom. The van der Waals surface area contributed by atoms with Crippen LogP contribution in [0, 0.1) is 0 Å². The average molecular weight is 258 g/mol. The third kappa shape index (κ3) is 2.96. The molecule has 0 bridgehead atoms. The van der Waals surface area contributed by atoms with Crippen LogP contribution in [0.3, 0.4) is 0 Å². The number of nitrogens with two attached hydrogens (primary N) is 1. The summed E-state index contributed by atoms with van der Waals surface area (Å²) >= 11 is 0. The van der Waals surface area contributed by atoms with Gasteiger partial charge in [-0.15, -0.1) is 0 Å². The monoisotopic (exact) mass is 258 g/mol. The highest BCUT2D eigenvalue weighted by Crippen LogP contribution is 2.21. The molecule has 0 radical (unpaired) electrons. The van der Waals surface area contributed by atoms with E-state index in [-0.39, 0.29) is 6.04 Å². The Morgan fingerprint density at radius 1 is 1.26 bits per heavy atom. The topological polar surface area (TPSA) is 47.1 Å². The van der Waals surface area contributed by atoms with Crippen LogP contribution >= 0.6 is 0 Å². The molecule has 2 N–H and O–H groups in total. The second-order valence-corrected chi connectivity index (χ2v) is 4.94. The number of rotatable bonds is 5. The number of anilines is 1. The van der Waals surface area contributed by atoms with Gasteiger partial charge >= 0.3 is 0 Å². The van der Waals surface area contributed by atoms with Crippen LogP contribution in [0.25, 0.3) is 0 Å². The smallest absolute Gasteiger partial charge is 0.130 e. The lowest BCUT2D eigenvalue weighted by Crippen LogP contribution is -2.18. The van der Waals surface area contributed by atoms with Gasteiger partial charge in [-0.25, -0.2) is 4.98 Å². The molecule has 4 nitrogen and oxygen atoms in total. The van der Waals surface area contributed by atoms with E-state index < -0.39 is 0 Å². The zero-order valence-electron chi connectivity index (χ0n) is 11.9. The maximum Gasteiger partial charge on any atom is 0.130 e. The third-order valence-corrected chi connectivity index (χ3v) is 3.26. The molecular formula is C15H22N4. The Morgan fingerprint density at radius 3 is 2.53 bits per heavy atom. The summed E-state index contributed by atoms with van der Waals surface area (Å²) in [4.78, 5) is 6.47. The summed E-state index contributed by atoms with van der Waals surface area (Å²) in [5.74, 6) is 0.930. The summed E-state index contributed by atoms with van der Waals surface area (Å²) in [5, 5.41) is 0. The Labute approximate surface area is 114 Å². The summed E-state index contributed by atoms with van der Waals surface area (Å²) in [6.07, 6.45) is 4.89. The Balaban J connectivity index is 2.23. The minimum atomic E-state index is -0.169. The molecule has 19 heavy (non-hydrogen) atoms. The predicted molar refractivity (Wildman–Crippen MR) is 79.3 cm³/mol. The standard InChI is InChI=1S/C15H22N4/c1-4-10-19-11-9-17-15(19)14(16)12-5-7-13(8-6-12)18(2)3/h5-9,11,14H,4,10,16H2,1-3H3. The summed E-state index contributed by atoms with van der Waals surface area (Å²) in [7, 11) is 4.06. The van der Waals surface area contributed by atoms with Crippen LogP contribution in [-0.4, -0.2) is 23.6 Å². The SMILES string of the molecule is CCCn1ccnc1C(N)c1ccc(N(C)C)cc1. The molecule has 0 aliphatic rings. The molecule has 1 unspecified atom stereocenters. The van der Waals surface area contributed by atoms with Crippen molar-refractivity contribution in [3.63, 3.8) is 0 Å². The van der Waals surface area contributed by atoms with Crippen molar-refractivity contribution >= 4 is 5.69 Å². The van der Waals surface area contributed by atoms with E-state index in [9.17, 15) is 0 Å². The molecule has 2 aromatic rings. The summed E-state index contributed by atoms with van der Waals surface area (Å²) < 4.78 is 2.13. The second kappa shape index (κ2) is 5.89. The Hall–Kier alpha value is -1.81. The second-order valence-electron chi connectivity index (χ2n) is 4.94. The van der Waals surface area contributed by atoms with Crippen LogP contribution in [0.2, 0.25) is 0 Å². The first-order chi connectivity index (χ1) is 9.13. The maximum absolute atomic E-state index is 6.32. The molecule has 1 aromatic carbocycles. The Kier molecular flexibility index (Phi) is 4.22. The van der Waals surface area contributed by atoms with E-state index in [1.807, 2.05) is 26.5 Å². The van der Waals surface area contributed by atoms with Crippen molar-refractivity contribution in [3.8, 4) is 0 Å². The largest absolute Gasteiger partial charge is 0.378 e. The highest BCUT2D eigenvalue weighted by molar-refractivity contribution is 5.47. The van der Waals surface area contributed by atoms with Gasteiger partial charge in [0.15, 0.2) is 0 Å². The molecule has 1 heterocycles. The van der Waals surface area contributed by atoms with E-state index in [2.05, 4.69) is 45.6 Å². The highest BCUT2D eigenvalue weighted by atomic mass is 15.1. The van der Waals surface area contributed by atoms with E-state index in [1.165, 1.54) is 5.69 Å². The lowest BCUT2D eigenvalue weighted by molar-refractivity contribution is 0.613. The van der Waals surface area contributed by atoms with Crippen LogP contribution in [0.1, 0.15) is 30.8 Å². The fraction of sp³-hybridized carbons (Fsp3) is 0.400. The van der Waals surface area contributed by atoms with Crippen molar-refractivity contribution in [1.29, 1.82) is 0 Å². The van der Waals surface area contributed by atoms with Gasteiger partial charge in [0.05, 0.1) is 6.04 Å². The summed E-state index contributed by atoms with van der Waals surface area (Å²) in [5.41, 5.74) is 8.59. The molecule has 0 amide bonds. The molecule has 0 spiro atoms. The first-order valence-electron chi connectivity index (χ1n) is 6.67. The van der Waals surface area contributed by atoms with E-state index in [0.717, 1.165) is 24.4 Å². The van der Waals surface area contributed by atoms with Gasteiger partial charge in [0, 0.05) is 38.7 Å². The zero-order chi connectivity index (χ0) is 13.8. The minimum Gasteiger partial charge on any atom is -0.378 e. The van der Waals surface area contributed by atoms with Crippen LogP contribution in [0.15, 0.2) is 36.7 Å². The summed E-state index contributed by atoms with van der Waals surface area (Å²) in [6.45, 7) is 3.11. The first-order valence-corrected chi connectivity index (χ1v) is 6.67. The van der Waals surface area contributed by atoms with Crippen molar-refractivity contribution in [2.45, 2.75) is 25.9 Å². The Bertz CT molecular complexity index is 513. The van der Waals surface area contributed by atoms with Gasteiger partial charge in [-0.3, -0.25) is 0 Å². The van der Waals surface area contributed by atoms with E-state index in [1.54, 1.807) is 0 Å². The third-order valence-electron chi connectivity index (χ3n) is 3.26. The number of aryl methyl sites for hydroxylation is 1. The number of aromatic nitrogens is 2. The lowest BCUT2D eigenvalue weighted by Gasteiger charge is -2.16. The van der Waals surface area contributed by atoms with Gasteiger partial charge in [-0.05, 0) is 24.1 Å². The van der Waals surface area contributed by atoms with E-state index >= 15 is 0 Å². The molecule has 4 heteroatoms. The van der Waals surface area contributed by atoms with Crippen molar-refractivity contribution in [2.24, 2.45) is 5.73 Å². The van der Waals surface area contributed by atoms with Crippen molar-refractivity contribution in [1.82, 2.24) is 9.55 Å². The predicted octanol–water partition coefficient (Wildman–Crippen LogP) is 2.41. The molecule has 2 rings (SSSR count). The molecule has 0 aliphatic carbocycles. The number of imidazole rings is 1. The molecule has 0 saturated carbocycles. The molecular weight excluding hydrogens is 236 g/mol. The molecule has 1 aromatic heterocycles. The fourth-order valence-corrected chi connectivity index (χ4v) is 2.16. The van der Waals surface area contributed by atoms with Gasteiger partial charge in [-0.1, -0.05) is 19.1 Å². The normalized spacial score (nSPS) is 12.4. The number of nitrogens with zero attached hydrogens (tertiary/aromatic N) is 3. The molecule has 0 saturated heterocycles. The van der Waals surface area contributed by atoms with Gasteiger partial charge in [0.25, 0.3) is 0 Å². The van der Waals surface area contributed by atoms with Crippen LogP contribution in [0.5, 0.6) is 0 Å². The van der Waals surface area contributed by atoms with Crippen molar-refractivity contribution < 1.29 is 0 Å². The van der Waals surface area contributed by atoms with Gasteiger partial charge < -0.3 is 15.2 Å². The average Bonchev–Trinajstić information content (AvgIpc) is 2.87. The van der Waals surface area contributed by atoms with Gasteiger partial charge in [-0.2, -0.15) is 0 Å². The summed E-state index contributed by atoms with van der Waals surface area (Å²) in [6, 6.07) is 8.15. The van der Waals surface area contributed by atoms with Gasteiger partial charge in [0.1, 0.15) is 5.82 Å².